The van der Waals surface area contributed by atoms with Crippen molar-refractivity contribution in [2.75, 3.05) is 19.6 Å². The lowest BCUT2D eigenvalue weighted by atomic mass is 9.97. The monoisotopic (exact) mass is 238 g/mol. The summed E-state index contributed by atoms with van der Waals surface area (Å²) in [7, 11) is 0. The zero-order valence-electron chi connectivity index (χ0n) is 11.6. The number of fused-ring (bicyclic) bond motifs is 1. The van der Waals surface area contributed by atoms with Crippen molar-refractivity contribution in [2.45, 2.75) is 64.3 Å². The van der Waals surface area contributed by atoms with Crippen molar-refractivity contribution >= 4 is 0 Å². The van der Waals surface area contributed by atoms with Crippen LogP contribution >= 0.6 is 0 Å². The molecule has 0 radical (unpaired) electrons. The Morgan fingerprint density at radius 2 is 1.88 bits per heavy atom. The van der Waals surface area contributed by atoms with E-state index in [1.165, 1.54) is 19.4 Å². The number of piperidine rings is 1. The third-order valence-electron chi connectivity index (χ3n) is 4.91. The number of aliphatic hydroxyl groups is 1. The molecule has 2 aliphatic heterocycles. The molecular weight excluding hydrogens is 212 g/mol. The van der Waals surface area contributed by atoms with Crippen molar-refractivity contribution in [3.8, 4) is 0 Å². The van der Waals surface area contributed by atoms with E-state index in [4.69, 9.17) is 0 Å². The van der Waals surface area contributed by atoms with Crippen LogP contribution in [0.5, 0.6) is 0 Å². The number of nitrogens with zero attached hydrogens (tertiary/aromatic N) is 2. The molecule has 1 aliphatic carbocycles. The highest BCUT2D eigenvalue weighted by molar-refractivity contribution is 5.19. The number of β-amino-alcohol motifs (C(OH)–C–C–N with tert-alkyl or cyclic N) is 1. The van der Waals surface area contributed by atoms with Crippen LogP contribution in [-0.4, -0.2) is 58.3 Å². The van der Waals surface area contributed by atoms with Crippen LogP contribution in [0.4, 0.5) is 0 Å². The van der Waals surface area contributed by atoms with E-state index < -0.39 is 0 Å². The van der Waals surface area contributed by atoms with E-state index in [1.54, 1.807) is 0 Å². The highest BCUT2D eigenvalue weighted by Gasteiger charge is 2.65. The summed E-state index contributed by atoms with van der Waals surface area (Å²) in [5.41, 5.74) is 0.865. The first-order valence-electron chi connectivity index (χ1n) is 7.01. The minimum absolute atomic E-state index is 0.0545. The summed E-state index contributed by atoms with van der Waals surface area (Å²) < 4.78 is 0. The van der Waals surface area contributed by atoms with Crippen molar-refractivity contribution in [3.63, 3.8) is 0 Å². The van der Waals surface area contributed by atoms with Gasteiger partial charge in [0.25, 0.3) is 0 Å². The highest BCUT2D eigenvalue weighted by atomic mass is 16.3. The van der Waals surface area contributed by atoms with Gasteiger partial charge in [0.2, 0.25) is 0 Å². The standard InChI is InChI=1S/C14H26N2O/c1-10-5-14(9-15-7-11(17)8-15)6-12(14)16(10)13(2,3)4/h10-12,17H,5-9H2,1-4H3/t10-,12-,14+/m1/s1. The molecule has 3 nitrogen and oxygen atoms in total. The average Bonchev–Trinajstić information content (AvgIpc) is 2.66. The second kappa shape index (κ2) is 3.46. The van der Waals surface area contributed by atoms with Gasteiger partial charge in [-0.25, -0.2) is 0 Å². The first kappa shape index (κ1) is 11.9. The Labute approximate surface area is 105 Å². The maximum Gasteiger partial charge on any atom is 0.0793 e. The molecule has 3 rings (SSSR count). The molecule has 3 heteroatoms. The van der Waals surface area contributed by atoms with Gasteiger partial charge in [-0.05, 0) is 40.5 Å². The van der Waals surface area contributed by atoms with E-state index in [9.17, 15) is 5.11 Å². The smallest absolute Gasteiger partial charge is 0.0793 e. The topological polar surface area (TPSA) is 26.7 Å². The average molecular weight is 238 g/mol. The van der Waals surface area contributed by atoms with Crippen LogP contribution in [0.2, 0.25) is 0 Å². The van der Waals surface area contributed by atoms with Crippen LogP contribution in [-0.2, 0) is 0 Å². The molecule has 17 heavy (non-hydrogen) atoms. The van der Waals surface area contributed by atoms with Crippen LogP contribution in [0.3, 0.4) is 0 Å². The molecule has 3 aliphatic rings. The summed E-state index contributed by atoms with van der Waals surface area (Å²) >= 11 is 0. The lowest BCUT2D eigenvalue weighted by Crippen LogP contribution is -2.52. The lowest BCUT2D eigenvalue weighted by Gasteiger charge is -2.38. The van der Waals surface area contributed by atoms with Crippen LogP contribution < -0.4 is 0 Å². The third-order valence-corrected chi connectivity index (χ3v) is 4.91. The molecule has 0 aromatic rings. The summed E-state index contributed by atoms with van der Waals surface area (Å²) in [6, 6.07) is 1.52. The number of hydrogen-bond donors (Lipinski definition) is 1. The van der Waals surface area contributed by atoms with Gasteiger partial charge in [0.1, 0.15) is 0 Å². The van der Waals surface area contributed by atoms with Gasteiger partial charge in [0, 0.05) is 42.7 Å². The van der Waals surface area contributed by atoms with Gasteiger partial charge in [0.05, 0.1) is 6.10 Å². The number of hydrogen-bond acceptors (Lipinski definition) is 3. The normalized spacial score (nSPS) is 43.6. The molecule has 0 bridgehead atoms. The van der Waals surface area contributed by atoms with Gasteiger partial charge in [-0.3, -0.25) is 9.80 Å². The summed E-state index contributed by atoms with van der Waals surface area (Å²) in [5, 5.41) is 9.37. The predicted octanol–water partition coefficient (Wildman–Crippen LogP) is 1.31. The van der Waals surface area contributed by atoms with E-state index in [0.29, 0.717) is 11.0 Å². The quantitative estimate of drug-likeness (QED) is 0.786. The first-order chi connectivity index (χ1) is 7.82. The Morgan fingerprint density at radius 1 is 1.24 bits per heavy atom. The molecule has 1 saturated carbocycles. The van der Waals surface area contributed by atoms with Gasteiger partial charge >= 0.3 is 0 Å². The minimum atomic E-state index is -0.0545. The van der Waals surface area contributed by atoms with E-state index in [2.05, 4.69) is 37.5 Å². The van der Waals surface area contributed by atoms with Gasteiger partial charge < -0.3 is 5.11 Å². The fraction of sp³-hybridized carbons (Fsp3) is 1.00. The van der Waals surface area contributed by atoms with Gasteiger partial charge in [0.15, 0.2) is 0 Å². The molecule has 0 spiro atoms. The number of likely N-dealkylation sites (tertiary alicyclic amines) is 2. The molecule has 0 unspecified atom stereocenters. The molecule has 2 heterocycles. The Morgan fingerprint density at radius 3 is 2.35 bits per heavy atom. The van der Waals surface area contributed by atoms with Crippen molar-refractivity contribution in [2.24, 2.45) is 5.41 Å². The van der Waals surface area contributed by atoms with Crippen molar-refractivity contribution < 1.29 is 5.11 Å². The third kappa shape index (κ3) is 1.83. The van der Waals surface area contributed by atoms with E-state index >= 15 is 0 Å². The summed E-state index contributed by atoms with van der Waals surface area (Å²) in [6.45, 7) is 12.4. The Bertz CT molecular complexity index is 319. The summed E-state index contributed by atoms with van der Waals surface area (Å²) in [5.74, 6) is 0. The largest absolute Gasteiger partial charge is 0.390 e. The molecule has 1 N–H and O–H groups in total. The molecular formula is C14H26N2O. The van der Waals surface area contributed by atoms with Crippen molar-refractivity contribution in [1.82, 2.24) is 9.80 Å². The zero-order valence-corrected chi connectivity index (χ0v) is 11.6. The van der Waals surface area contributed by atoms with Crippen LogP contribution in [0.1, 0.15) is 40.5 Å². The molecule has 98 valence electrons. The predicted molar refractivity (Wildman–Crippen MR) is 69.0 cm³/mol. The zero-order chi connectivity index (χ0) is 12.4. The SMILES string of the molecule is C[C@@H]1C[C@@]2(CN3CC(O)C3)C[C@H]2N1C(C)(C)C. The maximum absolute atomic E-state index is 9.37. The lowest BCUT2D eigenvalue weighted by molar-refractivity contribution is -0.00961. The molecule has 3 atom stereocenters. The van der Waals surface area contributed by atoms with Crippen molar-refractivity contribution in [3.05, 3.63) is 0 Å². The molecule has 2 saturated heterocycles. The second-order valence-electron chi connectivity index (χ2n) is 7.56. The van der Waals surface area contributed by atoms with Crippen LogP contribution in [0.15, 0.2) is 0 Å². The first-order valence-corrected chi connectivity index (χ1v) is 7.01. The molecule has 3 fully saturated rings. The van der Waals surface area contributed by atoms with Crippen LogP contribution in [0.25, 0.3) is 0 Å². The minimum Gasteiger partial charge on any atom is -0.390 e. The van der Waals surface area contributed by atoms with Gasteiger partial charge in [-0.1, -0.05) is 0 Å². The summed E-state index contributed by atoms with van der Waals surface area (Å²) in [4.78, 5) is 5.16. The number of rotatable bonds is 2. The molecule has 0 amide bonds. The van der Waals surface area contributed by atoms with Crippen molar-refractivity contribution in [1.29, 1.82) is 0 Å². The van der Waals surface area contributed by atoms with Gasteiger partial charge in [-0.2, -0.15) is 0 Å². The Hall–Kier alpha value is -0.120. The van der Waals surface area contributed by atoms with E-state index in [1.807, 2.05) is 0 Å². The Balaban J connectivity index is 1.65. The highest BCUT2D eigenvalue weighted by Crippen LogP contribution is 2.61. The fourth-order valence-electron chi connectivity index (χ4n) is 4.41. The van der Waals surface area contributed by atoms with E-state index in [-0.39, 0.29) is 6.10 Å². The Kier molecular flexibility index (Phi) is 2.43. The second-order valence-corrected chi connectivity index (χ2v) is 7.56. The molecule has 0 aromatic heterocycles. The van der Waals surface area contributed by atoms with Gasteiger partial charge in [-0.15, -0.1) is 0 Å². The maximum atomic E-state index is 9.37. The summed E-state index contributed by atoms with van der Waals surface area (Å²) in [6.07, 6.45) is 2.67. The number of aliphatic hydroxyl groups excluding tert-OH is 1. The van der Waals surface area contributed by atoms with E-state index in [0.717, 1.165) is 25.2 Å². The fourth-order valence-corrected chi connectivity index (χ4v) is 4.41. The molecule has 0 aromatic carbocycles. The van der Waals surface area contributed by atoms with Crippen LogP contribution in [0, 0.1) is 5.41 Å².